The van der Waals surface area contributed by atoms with Gasteiger partial charge in [-0.2, -0.15) is 0 Å². The summed E-state index contributed by atoms with van der Waals surface area (Å²) in [5.74, 6) is 0.0994. The highest BCUT2D eigenvalue weighted by atomic mass is 16.5. The zero-order valence-corrected chi connectivity index (χ0v) is 8.86. The van der Waals surface area contributed by atoms with Crippen LogP contribution in [0.3, 0.4) is 0 Å². The molecule has 0 bridgehead atoms. The van der Waals surface area contributed by atoms with E-state index in [-0.39, 0.29) is 11.3 Å². The maximum atomic E-state index is 11.5. The number of phenols is 1. The third kappa shape index (κ3) is 1.88. The Morgan fingerprint density at radius 3 is 2.88 bits per heavy atom. The zero-order chi connectivity index (χ0) is 11.5. The molecule has 0 aromatic heterocycles. The quantitative estimate of drug-likeness (QED) is 0.729. The summed E-state index contributed by atoms with van der Waals surface area (Å²) in [5.41, 5.74) is 0.180. The molecule has 0 atom stereocenters. The van der Waals surface area contributed by atoms with Crippen LogP contribution in [0.2, 0.25) is 0 Å². The van der Waals surface area contributed by atoms with Crippen molar-refractivity contribution in [1.29, 1.82) is 0 Å². The normalized spacial score (nSPS) is 14.1. The van der Waals surface area contributed by atoms with Crippen molar-refractivity contribution in [1.82, 2.24) is 0 Å². The number of esters is 1. The van der Waals surface area contributed by atoms with E-state index in [0.29, 0.717) is 24.7 Å². The van der Waals surface area contributed by atoms with Crippen molar-refractivity contribution in [2.24, 2.45) is 0 Å². The van der Waals surface area contributed by atoms with Crippen LogP contribution in [0.15, 0.2) is 12.1 Å². The average molecular weight is 224 g/mol. The molecule has 1 heterocycles. The number of ether oxygens (including phenoxy) is 3. The van der Waals surface area contributed by atoms with Gasteiger partial charge in [0.2, 0.25) is 0 Å². The Labute approximate surface area is 92.5 Å². The minimum Gasteiger partial charge on any atom is -0.508 e. The number of fused-ring (bicyclic) bond motifs is 1. The molecule has 0 saturated carbocycles. The van der Waals surface area contributed by atoms with Gasteiger partial charge in [0, 0.05) is 12.5 Å². The number of hydrogen-bond acceptors (Lipinski definition) is 5. The number of aromatic hydroxyl groups is 1. The summed E-state index contributed by atoms with van der Waals surface area (Å²) in [6.07, 6.45) is 0.732. The molecule has 0 radical (unpaired) electrons. The molecule has 1 aromatic carbocycles. The highest BCUT2D eigenvalue weighted by molar-refractivity contribution is 5.94. The maximum absolute atomic E-state index is 11.5. The number of carbonyl (C=O) groups excluding carboxylic acids is 1. The lowest BCUT2D eigenvalue weighted by molar-refractivity contribution is 0.0595. The minimum atomic E-state index is -0.558. The van der Waals surface area contributed by atoms with Gasteiger partial charge in [-0.15, -0.1) is 0 Å². The molecule has 1 N–H and O–H groups in total. The van der Waals surface area contributed by atoms with Crippen molar-refractivity contribution in [2.45, 2.75) is 6.42 Å². The third-order valence-electron chi connectivity index (χ3n) is 2.24. The van der Waals surface area contributed by atoms with E-state index >= 15 is 0 Å². The molecule has 0 unspecified atom stereocenters. The lowest BCUT2D eigenvalue weighted by Gasteiger charge is -2.11. The Morgan fingerprint density at radius 1 is 1.38 bits per heavy atom. The van der Waals surface area contributed by atoms with Gasteiger partial charge in [0.15, 0.2) is 11.5 Å². The van der Waals surface area contributed by atoms with Gasteiger partial charge in [-0.3, -0.25) is 0 Å². The first-order valence-electron chi connectivity index (χ1n) is 4.93. The number of hydrogen-bond donors (Lipinski definition) is 1. The molecule has 5 heteroatoms. The van der Waals surface area contributed by atoms with Crippen LogP contribution in [0.5, 0.6) is 17.2 Å². The van der Waals surface area contributed by atoms with Crippen molar-refractivity contribution in [2.75, 3.05) is 20.3 Å². The molecule has 0 fully saturated rings. The van der Waals surface area contributed by atoms with Crippen LogP contribution in [0.1, 0.15) is 16.8 Å². The van der Waals surface area contributed by atoms with E-state index in [2.05, 4.69) is 4.74 Å². The van der Waals surface area contributed by atoms with Crippen LogP contribution >= 0.6 is 0 Å². The maximum Gasteiger partial charge on any atom is 0.341 e. The molecule has 5 nitrogen and oxygen atoms in total. The van der Waals surface area contributed by atoms with Crippen molar-refractivity contribution < 1.29 is 24.1 Å². The Hall–Kier alpha value is -1.91. The Balaban J connectivity index is 2.50. The van der Waals surface area contributed by atoms with Crippen LogP contribution < -0.4 is 9.47 Å². The van der Waals surface area contributed by atoms with Crippen LogP contribution in [-0.2, 0) is 4.74 Å². The lowest BCUT2D eigenvalue weighted by Crippen LogP contribution is -2.05. The predicted molar refractivity (Wildman–Crippen MR) is 55.1 cm³/mol. The number of rotatable bonds is 1. The van der Waals surface area contributed by atoms with Gasteiger partial charge >= 0.3 is 5.97 Å². The topological polar surface area (TPSA) is 65.0 Å². The van der Waals surface area contributed by atoms with Crippen LogP contribution in [0.4, 0.5) is 0 Å². The molecule has 1 aromatic rings. The van der Waals surface area contributed by atoms with Crippen molar-refractivity contribution in [3.8, 4) is 17.2 Å². The van der Waals surface area contributed by atoms with E-state index in [1.165, 1.54) is 19.2 Å². The van der Waals surface area contributed by atoms with E-state index in [4.69, 9.17) is 9.47 Å². The summed E-state index contributed by atoms with van der Waals surface area (Å²) in [6, 6.07) is 2.73. The second kappa shape index (κ2) is 4.30. The van der Waals surface area contributed by atoms with Crippen molar-refractivity contribution >= 4 is 5.97 Å². The predicted octanol–water partition coefficient (Wildman–Crippen LogP) is 1.34. The van der Waals surface area contributed by atoms with E-state index in [1.54, 1.807) is 0 Å². The molecule has 2 rings (SSSR count). The monoisotopic (exact) mass is 224 g/mol. The molecule has 1 aliphatic rings. The van der Waals surface area contributed by atoms with Gasteiger partial charge in [0.05, 0.1) is 20.3 Å². The molecule has 86 valence electrons. The van der Waals surface area contributed by atoms with Gasteiger partial charge in [0.25, 0.3) is 0 Å². The summed E-state index contributed by atoms with van der Waals surface area (Å²) >= 11 is 0. The highest BCUT2D eigenvalue weighted by Gasteiger charge is 2.21. The van der Waals surface area contributed by atoms with Crippen LogP contribution in [-0.4, -0.2) is 31.4 Å². The van der Waals surface area contributed by atoms with Gasteiger partial charge in [-0.05, 0) is 6.07 Å². The van der Waals surface area contributed by atoms with Gasteiger partial charge < -0.3 is 19.3 Å². The van der Waals surface area contributed by atoms with E-state index in [9.17, 15) is 9.90 Å². The first-order chi connectivity index (χ1) is 7.72. The van der Waals surface area contributed by atoms with Crippen LogP contribution in [0.25, 0.3) is 0 Å². The Bertz CT molecular complexity index is 413. The van der Waals surface area contributed by atoms with Crippen molar-refractivity contribution in [3.05, 3.63) is 17.7 Å². The van der Waals surface area contributed by atoms with Gasteiger partial charge in [-0.25, -0.2) is 4.79 Å². The summed E-state index contributed by atoms with van der Waals surface area (Å²) in [5, 5.41) is 9.46. The van der Waals surface area contributed by atoms with Gasteiger partial charge in [0.1, 0.15) is 11.3 Å². The molecule has 0 saturated heterocycles. The largest absolute Gasteiger partial charge is 0.508 e. The fourth-order valence-corrected chi connectivity index (χ4v) is 1.52. The molecule has 0 amide bonds. The average Bonchev–Trinajstić information content (AvgIpc) is 2.51. The van der Waals surface area contributed by atoms with E-state index in [0.717, 1.165) is 6.42 Å². The first kappa shape index (κ1) is 10.6. The molecular formula is C11H12O5. The first-order valence-corrected chi connectivity index (χ1v) is 4.93. The molecule has 0 spiro atoms. The molecule has 16 heavy (non-hydrogen) atoms. The fraction of sp³-hybridized carbons (Fsp3) is 0.364. The second-order valence-corrected chi connectivity index (χ2v) is 3.36. The van der Waals surface area contributed by atoms with Gasteiger partial charge in [-0.1, -0.05) is 0 Å². The summed E-state index contributed by atoms with van der Waals surface area (Å²) in [6.45, 7) is 0.971. The summed E-state index contributed by atoms with van der Waals surface area (Å²) in [7, 11) is 1.27. The molecule has 0 aliphatic carbocycles. The third-order valence-corrected chi connectivity index (χ3v) is 2.24. The fourth-order valence-electron chi connectivity index (χ4n) is 1.52. The number of carbonyl (C=O) groups is 1. The summed E-state index contributed by atoms with van der Waals surface area (Å²) < 4.78 is 15.4. The lowest BCUT2D eigenvalue weighted by atomic mass is 10.1. The summed E-state index contributed by atoms with van der Waals surface area (Å²) in [4.78, 5) is 11.5. The molecular weight excluding hydrogens is 212 g/mol. The Kier molecular flexibility index (Phi) is 2.85. The van der Waals surface area contributed by atoms with Crippen molar-refractivity contribution in [3.63, 3.8) is 0 Å². The zero-order valence-electron chi connectivity index (χ0n) is 8.86. The number of phenolic OH excluding ortho intramolecular Hbond substituents is 1. The Morgan fingerprint density at radius 2 is 2.12 bits per heavy atom. The standard InChI is InChI=1S/C11H12O5/c1-14-11(13)8-5-7(12)6-9-10(8)16-4-2-3-15-9/h5-6,12H,2-4H2,1H3. The van der Waals surface area contributed by atoms with Crippen LogP contribution in [0, 0.1) is 0 Å². The number of benzene rings is 1. The second-order valence-electron chi connectivity index (χ2n) is 3.36. The smallest absolute Gasteiger partial charge is 0.341 e. The minimum absolute atomic E-state index is 0.0512. The van der Waals surface area contributed by atoms with E-state index < -0.39 is 5.97 Å². The van der Waals surface area contributed by atoms with E-state index in [1.807, 2.05) is 0 Å². The SMILES string of the molecule is COC(=O)c1cc(O)cc2c1OCCCO2. The number of methoxy groups -OCH3 is 1. The highest BCUT2D eigenvalue weighted by Crippen LogP contribution is 2.37. The molecule has 1 aliphatic heterocycles.